The van der Waals surface area contributed by atoms with E-state index in [-0.39, 0.29) is 5.54 Å². The Kier molecular flexibility index (Phi) is 2.26. The van der Waals surface area contributed by atoms with E-state index in [1.54, 1.807) is 0 Å². The molecule has 1 fully saturated rings. The number of hydrogen-bond acceptors (Lipinski definition) is 2. The molecule has 3 nitrogen and oxygen atoms in total. The van der Waals surface area contributed by atoms with Crippen LogP contribution in [0.15, 0.2) is 0 Å². The molecular formula is C10H17N3S. The van der Waals surface area contributed by atoms with Gasteiger partial charge in [0.05, 0.1) is 0 Å². The number of nitrogens with zero attached hydrogens (tertiary/aromatic N) is 2. The highest BCUT2D eigenvalue weighted by molar-refractivity contribution is 7.71. The topological polar surface area (TPSA) is 33.6 Å². The molecule has 0 atom stereocenters. The van der Waals surface area contributed by atoms with E-state index in [1.165, 1.54) is 12.8 Å². The van der Waals surface area contributed by atoms with Crippen LogP contribution in [0.3, 0.4) is 0 Å². The molecule has 1 aromatic heterocycles. The lowest BCUT2D eigenvalue weighted by molar-refractivity contribution is 0.375. The molecule has 4 heteroatoms. The largest absolute Gasteiger partial charge is 0.299 e. The normalized spacial score (nSPS) is 17.4. The van der Waals surface area contributed by atoms with Crippen molar-refractivity contribution < 1.29 is 0 Å². The van der Waals surface area contributed by atoms with Crippen LogP contribution in [0.1, 0.15) is 39.4 Å². The number of aromatic nitrogens is 3. The maximum Gasteiger partial charge on any atom is 0.195 e. The molecular weight excluding hydrogens is 194 g/mol. The minimum absolute atomic E-state index is 0.0360. The van der Waals surface area contributed by atoms with Gasteiger partial charge in [0.2, 0.25) is 0 Å². The number of hydrogen-bond donors (Lipinski definition) is 1. The highest BCUT2D eigenvalue weighted by atomic mass is 32.1. The van der Waals surface area contributed by atoms with Gasteiger partial charge in [-0.25, -0.2) is 0 Å². The van der Waals surface area contributed by atoms with Crippen LogP contribution in [-0.2, 0) is 12.0 Å². The first-order chi connectivity index (χ1) is 6.48. The van der Waals surface area contributed by atoms with Crippen LogP contribution >= 0.6 is 12.2 Å². The molecule has 2 rings (SSSR count). The van der Waals surface area contributed by atoms with Crippen molar-refractivity contribution in [3.63, 3.8) is 0 Å². The van der Waals surface area contributed by atoms with E-state index in [4.69, 9.17) is 12.2 Å². The highest BCUT2D eigenvalue weighted by Crippen LogP contribution is 2.33. The molecule has 0 saturated heterocycles. The Labute approximate surface area is 89.5 Å². The van der Waals surface area contributed by atoms with Gasteiger partial charge in [0.15, 0.2) is 4.77 Å². The van der Waals surface area contributed by atoms with Crippen molar-refractivity contribution in [2.75, 3.05) is 0 Å². The first kappa shape index (κ1) is 9.90. The summed E-state index contributed by atoms with van der Waals surface area (Å²) in [6, 6.07) is 0. The van der Waals surface area contributed by atoms with E-state index in [0.717, 1.165) is 22.9 Å². The van der Waals surface area contributed by atoms with Gasteiger partial charge in [-0.15, -0.1) is 0 Å². The Morgan fingerprint density at radius 3 is 2.64 bits per heavy atom. The number of H-pyrrole nitrogens is 1. The summed E-state index contributed by atoms with van der Waals surface area (Å²) in [4.78, 5) is 0. The molecule has 0 spiro atoms. The summed E-state index contributed by atoms with van der Waals surface area (Å²) in [7, 11) is 0. The Bertz CT molecular complexity index is 379. The van der Waals surface area contributed by atoms with Gasteiger partial charge in [0.25, 0.3) is 0 Å². The fraction of sp³-hybridized carbons (Fsp3) is 0.800. The smallest absolute Gasteiger partial charge is 0.195 e. The van der Waals surface area contributed by atoms with E-state index in [1.807, 2.05) is 0 Å². The minimum Gasteiger partial charge on any atom is -0.299 e. The van der Waals surface area contributed by atoms with Crippen LogP contribution in [-0.4, -0.2) is 14.8 Å². The Balaban J connectivity index is 2.34. The highest BCUT2D eigenvalue weighted by Gasteiger charge is 2.26. The maximum absolute atomic E-state index is 5.24. The molecule has 1 heterocycles. The molecule has 0 bridgehead atoms. The van der Waals surface area contributed by atoms with E-state index in [2.05, 4.69) is 35.5 Å². The predicted octanol–water partition coefficient (Wildman–Crippen LogP) is 2.65. The Morgan fingerprint density at radius 1 is 1.50 bits per heavy atom. The van der Waals surface area contributed by atoms with Crippen molar-refractivity contribution in [2.24, 2.45) is 5.92 Å². The van der Waals surface area contributed by atoms with Crippen molar-refractivity contribution >= 4 is 12.2 Å². The maximum atomic E-state index is 5.24. The van der Waals surface area contributed by atoms with Crippen LogP contribution in [0.5, 0.6) is 0 Å². The lowest BCUT2D eigenvalue weighted by Crippen LogP contribution is -2.24. The molecule has 14 heavy (non-hydrogen) atoms. The van der Waals surface area contributed by atoms with Crippen molar-refractivity contribution in [3.8, 4) is 0 Å². The van der Waals surface area contributed by atoms with Gasteiger partial charge in [-0.3, -0.25) is 9.67 Å². The van der Waals surface area contributed by atoms with E-state index >= 15 is 0 Å². The van der Waals surface area contributed by atoms with Gasteiger partial charge < -0.3 is 0 Å². The predicted molar refractivity (Wildman–Crippen MR) is 58.8 cm³/mol. The van der Waals surface area contributed by atoms with Crippen molar-refractivity contribution in [1.29, 1.82) is 0 Å². The molecule has 1 aliphatic rings. The van der Waals surface area contributed by atoms with Crippen LogP contribution in [0.25, 0.3) is 0 Å². The molecule has 1 aliphatic carbocycles. The standard InChI is InChI=1S/C10H17N3S/c1-10(2,3)13-8(6-7-4-5-7)11-12-9(13)14/h7H,4-6H2,1-3H3,(H,12,14). The first-order valence-corrected chi connectivity index (χ1v) is 5.56. The van der Waals surface area contributed by atoms with Gasteiger partial charge in [0, 0.05) is 12.0 Å². The average molecular weight is 211 g/mol. The molecule has 1 saturated carbocycles. The van der Waals surface area contributed by atoms with Gasteiger partial charge in [0.1, 0.15) is 5.82 Å². The summed E-state index contributed by atoms with van der Waals surface area (Å²) in [5.41, 5.74) is 0.0360. The summed E-state index contributed by atoms with van der Waals surface area (Å²) < 4.78 is 2.88. The van der Waals surface area contributed by atoms with Gasteiger partial charge >= 0.3 is 0 Å². The van der Waals surface area contributed by atoms with E-state index in [0.29, 0.717) is 0 Å². The summed E-state index contributed by atoms with van der Waals surface area (Å²) in [5, 5.41) is 7.20. The average Bonchev–Trinajstić information content (AvgIpc) is 2.74. The van der Waals surface area contributed by atoms with Crippen LogP contribution in [0.2, 0.25) is 0 Å². The fourth-order valence-corrected chi connectivity index (χ4v) is 2.16. The zero-order valence-electron chi connectivity index (χ0n) is 9.00. The third kappa shape index (κ3) is 1.90. The molecule has 0 amide bonds. The fourth-order valence-electron chi connectivity index (χ4n) is 1.74. The molecule has 0 unspecified atom stereocenters. The second kappa shape index (κ2) is 3.19. The lowest BCUT2D eigenvalue weighted by atomic mass is 10.1. The van der Waals surface area contributed by atoms with E-state index < -0.39 is 0 Å². The molecule has 0 radical (unpaired) electrons. The van der Waals surface area contributed by atoms with Gasteiger partial charge in [-0.2, -0.15) is 5.10 Å². The Morgan fingerprint density at radius 2 is 2.14 bits per heavy atom. The van der Waals surface area contributed by atoms with Gasteiger partial charge in [-0.05, 0) is 51.7 Å². The Hall–Kier alpha value is -0.640. The summed E-state index contributed by atoms with van der Waals surface area (Å²) in [6.45, 7) is 6.48. The molecule has 1 aromatic rings. The SMILES string of the molecule is CC(C)(C)n1c(CC2CC2)n[nH]c1=S. The second-order valence-electron chi connectivity index (χ2n) is 5.10. The second-order valence-corrected chi connectivity index (χ2v) is 5.49. The first-order valence-electron chi connectivity index (χ1n) is 5.15. The number of rotatable bonds is 2. The van der Waals surface area contributed by atoms with Crippen LogP contribution in [0.4, 0.5) is 0 Å². The third-order valence-corrected chi connectivity index (χ3v) is 2.85. The van der Waals surface area contributed by atoms with Gasteiger partial charge in [-0.1, -0.05) is 0 Å². The molecule has 0 aromatic carbocycles. The zero-order chi connectivity index (χ0) is 10.3. The van der Waals surface area contributed by atoms with Crippen LogP contribution in [0, 0.1) is 10.7 Å². The number of aromatic amines is 1. The molecule has 78 valence electrons. The van der Waals surface area contributed by atoms with Crippen LogP contribution < -0.4 is 0 Å². The summed E-state index contributed by atoms with van der Waals surface area (Å²) in [5.74, 6) is 1.96. The van der Waals surface area contributed by atoms with E-state index in [9.17, 15) is 0 Å². The van der Waals surface area contributed by atoms with Crippen molar-refractivity contribution in [3.05, 3.63) is 10.6 Å². The third-order valence-electron chi connectivity index (χ3n) is 2.58. The minimum atomic E-state index is 0.0360. The van der Waals surface area contributed by atoms with Crippen molar-refractivity contribution in [1.82, 2.24) is 14.8 Å². The monoisotopic (exact) mass is 211 g/mol. The number of nitrogens with one attached hydrogen (secondary N) is 1. The molecule has 1 N–H and O–H groups in total. The molecule has 0 aliphatic heterocycles. The quantitative estimate of drug-likeness (QED) is 0.763. The summed E-state index contributed by atoms with van der Waals surface area (Å²) in [6.07, 6.45) is 3.78. The zero-order valence-corrected chi connectivity index (χ0v) is 9.82. The van der Waals surface area contributed by atoms with Crippen molar-refractivity contribution in [2.45, 2.75) is 45.6 Å². The lowest BCUT2D eigenvalue weighted by Gasteiger charge is -2.22. The summed E-state index contributed by atoms with van der Waals surface area (Å²) >= 11 is 5.24.